The smallest absolute Gasteiger partial charge is 0.217 e. The van der Waals surface area contributed by atoms with Gasteiger partial charge in [0.05, 0.1) is 12.6 Å². The van der Waals surface area contributed by atoms with E-state index in [2.05, 4.69) is 5.32 Å². The normalized spacial score (nSPS) is 12.6. The van der Waals surface area contributed by atoms with Gasteiger partial charge in [-0.2, -0.15) is 0 Å². The van der Waals surface area contributed by atoms with Crippen LogP contribution in [0, 0.1) is 0 Å². The molecule has 0 bridgehead atoms. The van der Waals surface area contributed by atoms with E-state index in [0.717, 1.165) is 0 Å². The summed E-state index contributed by atoms with van der Waals surface area (Å²) in [4.78, 5) is 10.5. The highest BCUT2D eigenvalue weighted by Crippen LogP contribution is 1.90. The Hall–Kier alpha value is -0.610. The third-order valence-corrected chi connectivity index (χ3v) is 1.30. The molecule has 1 amide bonds. The van der Waals surface area contributed by atoms with Crippen molar-refractivity contribution >= 4 is 5.91 Å². The molecule has 0 fully saturated rings. The lowest BCUT2D eigenvalue weighted by Crippen LogP contribution is -2.36. The van der Waals surface area contributed by atoms with E-state index in [1.807, 2.05) is 0 Å². The van der Waals surface area contributed by atoms with E-state index >= 15 is 0 Å². The minimum Gasteiger partial charge on any atom is -0.394 e. The summed E-state index contributed by atoms with van der Waals surface area (Å²) in [6, 6.07) is -0.174. The summed E-state index contributed by atoms with van der Waals surface area (Å²) >= 11 is 0. The van der Waals surface area contributed by atoms with Gasteiger partial charge in [0.25, 0.3) is 0 Å². The fourth-order valence-electron chi connectivity index (χ4n) is 0.757. The summed E-state index contributed by atoms with van der Waals surface area (Å²) in [6.45, 7) is 1.93. The van der Waals surface area contributed by atoms with E-state index in [9.17, 15) is 4.79 Å². The second-order valence-corrected chi connectivity index (χ2v) is 2.36. The van der Waals surface area contributed by atoms with Crippen molar-refractivity contribution < 1.29 is 14.6 Å². The lowest BCUT2D eigenvalue weighted by atomic mass is 10.2. The molecule has 1 atom stereocenters. The molecule has 0 saturated heterocycles. The predicted molar refractivity (Wildman–Crippen MR) is 41.2 cm³/mol. The molecule has 0 aliphatic carbocycles. The Bertz CT molecular complexity index is 116. The molecule has 0 radical (unpaired) electrons. The van der Waals surface area contributed by atoms with Gasteiger partial charge in [-0.15, -0.1) is 0 Å². The van der Waals surface area contributed by atoms with Crippen LogP contribution in [0.25, 0.3) is 0 Å². The Balaban J connectivity index is 3.49. The van der Waals surface area contributed by atoms with Crippen molar-refractivity contribution in [2.75, 3.05) is 20.3 Å². The maximum absolute atomic E-state index is 10.5. The van der Waals surface area contributed by atoms with Crippen molar-refractivity contribution in [1.82, 2.24) is 5.32 Å². The monoisotopic (exact) mass is 161 g/mol. The van der Waals surface area contributed by atoms with Crippen LogP contribution in [-0.4, -0.2) is 37.4 Å². The molecule has 1 unspecified atom stereocenters. The standard InChI is InChI=1S/C7H15NO3/c1-6(10)8-7(5-9)3-4-11-2/h7,9H,3-5H2,1-2H3,(H,8,10). The van der Waals surface area contributed by atoms with Gasteiger partial charge in [0.15, 0.2) is 0 Å². The SMILES string of the molecule is COCCC(CO)NC(C)=O. The van der Waals surface area contributed by atoms with Crippen LogP contribution in [0.2, 0.25) is 0 Å². The van der Waals surface area contributed by atoms with Gasteiger partial charge in [-0.05, 0) is 6.42 Å². The van der Waals surface area contributed by atoms with Gasteiger partial charge in [0.1, 0.15) is 0 Å². The van der Waals surface area contributed by atoms with Gasteiger partial charge < -0.3 is 15.2 Å². The summed E-state index contributed by atoms with van der Waals surface area (Å²) in [7, 11) is 1.59. The van der Waals surface area contributed by atoms with E-state index in [4.69, 9.17) is 9.84 Å². The third-order valence-electron chi connectivity index (χ3n) is 1.30. The molecule has 0 rings (SSSR count). The summed E-state index contributed by atoms with van der Waals surface area (Å²) in [5.41, 5.74) is 0. The van der Waals surface area contributed by atoms with Crippen LogP contribution in [-0.2, 0) is 9.53 Å². The molecule has 0 aromatic heterocycles. The van der Waals surface area contributed by atoms with Gasteiger partial charge >= 0.3 is 0 Å². The minimum atomic E-state index is -0.174. The second-order valence-electron chi connectivity index (χ2n) is 2.36. The van der Waals surface area contributed by atoms with Crippen LogP contribution in [0.4, 0.5) is 0 Å². The molecule has 2 N–H and O–H groups in total. The Morgan fingerprint density at radius 2 is 2.36 bits per heavy atom. The average molecular weight is 161 g/mol. The van der Waals surface area contributed by atoms with Crippen LogP contribution in [0.5, 0.6) is 0 Å². The molecule has 0 heterocycles. The first-order valence-corrected chi connectivity index (χ1v) is 3.57. The van der Waals surface area contributed by atoms with Gasteiger partial charge in [-0.3, -0.25) is 4.79 Å². The Morgan fingerprint density at radius 1 is 1.73 bits per heavy atom. The van der Waals surface area contributed by atoms with Gasteiger partial charge in [0, 0.05) is 20.6 Å². The fraction of sp³-hybridized carbons (Fsp3) is 0.857. The molecule has 11 heavy (non-hydrogen) atoms. The number of aliphatic hydroxyl groups is 1. The van der Waals surface area contributed by atoms with Crippen molar-refractivity contribution in [3.8, 4) is 0 Å². The number of rotatable bonds is 5. The van der Waals surface area contributed by atoms with Crippen molar-refractivity contribution in [1.29, 1.82) is 0 Å². The number of ether oxygens (including phenoxy) is 1. The molecule has 4 heteroatoms. The molecule has 0 aliphatic rings. The highest BCUT2D eigenvalue weighted by atomic mass is 16.5. The van der Waals surface area contributed by atoms with E-state index in [1.165, 1.54) is 6.92 Å². The van der Waals surface area contributed by atoms with E-state index < -0.39 is 0 Å². The van der Waals surface area contributed by atoms with E-state index in [-0.39, 0.29) is 18.6 Å². The second kappa shape index (κ2) is 6.12. The highest BCUT2D eigenvalue weighted by Gasteiger charge is 2.06. The first-order chi connectivity index (χ1) is 5.20. The lowest BCUT2D eigenvalue weighted by molar-refractivity contribution is -0.120. The van der Waals surface area contributed by atoms with Crippen LogP contribution in [0.1, 0.15) is 13.3 Å². The lowest BCUT2D eigenvalue weighted by Gasteiger charge is -2.13. The van der Waals surface area contributed by atoms with Crippen molar-refractivity contribution in [3.05, 3.63) is 0 Å². The Labute approximate surface area is 66.5 Å². The predicted octanol–water partition coefficient (Wildman–Crippen LogP) is -0.480. The van der Waals surface area contributed by atoms with Crippen LogP contribution >= 0.6 is 0 Å². The zero-order chi connectivity index (χ0) is 8.69. The first-order valence-electron chi connectivity index (χ1n) is 3.57. The number of methoxy groups -OCH3 is 1. The van der Waals surface area contributed by atoms with E-state index in [0.29, 0.717) is 13.0 Å². The Morgan fingerprint density at radius 3 is 2.73 bits per heavy atom. The number of nitrogens with one attached hydrogen (secondary N) is 1. The number of aliphatic hydroxyl groups excluding tert-OH is 1. The number of carbonyl (C=O) groups is 1. The number of hydrogen-bond donors (Lipinski definition) is 2. The number of hydrogen-bond acceptors (Lipinski definition) is 3. The number of amides is 1. The van der Waals surface area contributed by atoms with Crippen LogP contribution < -0.4 is 5.32 Å². The zero-order valence-corrected chi connectivity index (χ0v) is 6.96. The van der Waals surface area contributed by atoms with Crippen molar-refractivity contribution in [2.24, 2.45) is 0 Å². The molecule has 0 aromatic carbocycles. The Kier molecular flexibility index (Phi) is 5.78. The third kappa shape index (κ3) is 5.82. The molecule has 0 aliphatic heterocycles. The van der Waals surface area contributed by atoms with Crippen LogP contribution in [0.15, 0.2) is 0 Å². The molecule has 4 nitrogen and oxygen atoms in total. The summed E-state index contributed by atoms with van der Waals surface area (Å²) < 4.78 is 4.79. The summed E-state index contributed by atoms with van der Waals surface area (Å²) in [6.07, 6.45) is 0.645. The van der Waals surface area contributed by atoms with Crippen molar-refractivity contribution in [3.63, 3.8) is 0 Å². The highest BCUT2D eigenvalue weighted by molar-refractivity contribution is 5.73. The molecular formula is C7H15NO3. The maximum atomic E-state index is 10.5. The fourth-order valence-corrected chi connectivity index (χ4v) is 0.757. The summed E-state index contributed by atoms with van der Waals surface area (Å²) in [5, 5.41) is 11.3. The number of carbonyl (C=O) groups excluding carboxylic acids is 1. The van der Waals surface area contributed by atoms with Crippen LogP contribution in [0.3, 0.4) is 0 Å². The first kappa shape index (κ1) is 10.4. The van der Waals surface area contributed by atoms with Gasteiger partial charge in [0.2, 0.25) is 5.91 Å². The largest absolute Gasteiger partial charge is 0.394 e. The summed E-state index contributed by atoms with van der Waals surface area (Å²) in [5.74, 6) is -0.125. The average Bonchev–Trinajstić information content (AvgIpc) is 1.97. The molecule has 66 valence electrons. The zero-order valence-electron chi connectivity index (χ0n) is 6.96. The van der Waals surface area contributed by atoms with Gasteiger partial charge in [-0.25, -0.2) is 0 Å². The van der Waals surface area contributed by atoms with Crippen molar-refractivity contribution in [2.45, 2.75) is 19.4 Å². The minimum absolute atomic E-state index is 0.0388. The topological polar surface area (TPSA) is 58.6 Å². The molecule has 0 spiro atoms. The molecule has 0 aromatic rings. The van der Waals surface area contributed by atoms with E-state index in [1.54, 1.807) is 7.11 Å². The maximum Gasteiger partial charge on any atom is 0.217 e. The van der Waals surface area contributed by atoms with Gasteiger partial charge in [-0.1, -0.05) is 0 Å². The molecule has 0 saturated carbocycles. The quantitative estimate of drug-likeness (QED) is 0.572. The molecular weight excluding hydrogens is 146 g/mol.